The molecule has 0 fully saturated rings. The van der Waals surface area contributed by atoms with Crippen molar-refractivity contribution in [1.29, 1.82) is 0 Å². The van der Waals surface area contributed by atoms with Crippen LogP contribution in [0.1, 0.15) is 47.1 Å². The van der Waals surface area contributed by atoms with Crippen molar-refractivity contribution in [2.45, 2.75) is 71.8 Å². The number of ether oxygens (including phenoxy) is 2. The number of nitrogens with zero attached hydrogens (tertiary/aromatic N) is 3. The molecule has 0 atom stereocenters. The molecular formula is C25H37Cl2N3O4Si. The molecule has 0 radical (unpaired) electrons. The molecule has 0 N–H and O–H groups in total. The summed E-state index contributed by atoms with van der Waals surface area (Å²) in [6, 6.07) is 5.41. The molecule has 194 valence electrons. The van der Waals surface area contributed by atoms with Gasteiger partial charge in [0.15, 0.2) is 8.32 Å². The zero-order chi connectivity index (χ0) is 26.6. The monoisotopic (exact) mass is 541 g/mol. The van der Waals surface area contributed by atoms with Crippen molar-refractivity contribution in [2.75, 3.05) is 20.3 Å². The first-order chi connectivity index (χ1) is 16.1. The molecular weight excluding hydrogens is 505 g/mol. The average Bonchev–Trinajstić information content (AvgIpc) is 2.73. The van der Waals surface area contributed by atoms with Crippen molar-refractivity contribution in [3.05, 3.63) is 40.1 Å². The minimum Gasteiger partial charge on any atom is -0.481 e. The molecule has 7 nitrogen and oxygen atoms in total. The molecule has 1 amide bonds. The first kappa shape index (κ1) is 29.4. The fraction of sp³-hybridized carbons (Fsp3) is 0.560. The number of rotatable bonds is 8. The van der Waals surface area contributed by atoms with E-state index in [9.17, 15) is 4.79 Å². The zero-order valence-electron chi connectivity index (χ0n) is 22.2. The number of pyridine rings is 2. The van der Waals surface area contributed by atoms with E-state index < -0.39 is 20.0 Å². The van der Waals surface area contributed by atoms with Gasteiger partial charge in [-0.15, -0.1) is 0 Å². The SMILES string of the molecule is COc1nc(-c2ccnc(Cl)c2Cl)ccc1CN(CCO[Si](C)(C)C(C)(C)C)C(=O)OC(C)(C)C. The minimum atomic E-state index is -1.96. The van der Waals surface area contributed by atoms with Gasteiger partial charge in [-0.25, -0.2) is 14.8 Å². The van der Waals surface area contributed by atoms with Crippen LogP contribution in [0.5, 0.6) is 5.88 Å². The van der Waals surface area contributed by atoms with Crippen LogP contribution in [0.4, 0.5) is 4.79 Å². The normalized spacial score (nSPS) is 12.4. The molecule has 2 aromatic heterocycles. The second-order valence-electron chi connectivity index (χ2n) is 10.8. The van der Waals surface area contributed by atoms with E-state index in [4.69, 9.17) is 37.1 Å². The van der Waals surface area contributed by atoms with Gasteiger partial charge in [0, 0.05) is 23.9 Å². The van der Waals surface area contributed by atoms with Gasteiger partial charge in [-0.2, -0.15) is 0 Å². The number of carbonyl (C=O) groups excluding carboxylic acids is 1. The second kappa shape index (κ2) is 11.5. The van der Waals surface area contributed by atoms with Crippen molar-refractivity contribution < 1.29 is 18.7 Å². The van der Waals surface area contributed by atoms with Gasteiger partial charge in [-0.05, 0) is 57.1 Å². The summed E-state index contributed by atoms with van der Waals surface area (Å²) in [5, 5.41) is 0.589. The van der Waals surface area contributed by atoms with Gasteiger partial charge >= 0.3 is 6.09 Å². The van der Waals surface area contributed by atoms with Crippen LogP contribution in [0, 0.1) is 0 Å². The third-order valence-corrected chi connectivity index (χ3v) is 11.2. The number of carbonyl (C=O) groups is 1. The molecule has 0 unspecified atom stereocenters. The lowest BCUT2D eigenvalue weighted by atomic mass is 10.1. The first-order valence-corrected chi connectivity index (χ1v) is 15.2. The molecule has 2 rings (SSSR count). The lowest BCUT2D eigenvalue weighted by Crippen LogP contribution is -2.44. The predicted octanol–water partition coefficient (Wildman–Crippen LogP) is 7.22. The van der Waals surface area contributed by atoms with E-state index in [1.54, 1.807) is 17.2 Å². The maximum absolute atomic E-state index is 13.0. The number of amides is 1. The van der Waals surface area contributed by atoms with E-state index in [0.717, 1.165) is 5.56 Å². The lowest BCUT2D eigenvalue weighted by molar-refractivity contribution is 0.0204. The van der Waals surface area contributed by atoms with E-state index in [-0.39, 0.29) is 16.7 Å². The number of methoxy groups -OCH3 is 1. The molecule has 0 spiro atoms. The Bertz CT molecular complexity index is 1040. The maximum atomic E-state index is 13.0. The Labute approximate surface area is 220 Å². The molecule has 10 heteroatoms. The van der Waals surface area contributed by atoms with Crippen LogP contribution >= 0.6 is 23.2 Å². The van der Waals surface area contributed by atoms with Gasteiger partial charge in [-0.1, -0.05) is 44.0 Å². The standard InChI is InChI=1S/C25H37Cl2N3O4Si/c1-24(2,3)34-23(31)30(14-15-33-35(8,9)25(4,5)6)16-17-10-11-19(29-22(17)32-7)18-12-13-28-21(27)20(18)26/h10-13H,14-16H2,1-9H3. The number of hydrogen-bond acceptors (Lipinski definition) is 6. The van der Waals surface area contributed by atoms with Crippen molar-refractivity contribution in [3.63, 3.8) is 0 Å². The van der Waals surface area contributed by atoms with Crippen LogP contribution in [0.25, 0.3) is 11.3 Å². The summed E-state index contributed by atoms with van der Waals surface area (Å²) in [5.41, 5.74) is 1.33. The molecule has 0 saturated heterocycles. The Morgan fingerprint density at radius 3 is 2.31 bits per heavy atom. The lowest BCUT2D eigenvalue weighted by Gasteiger charge is -2.37. The molecule has 0 bridgehead atoms. The topological polar surface area (TPSA) is 73.8 Å². The molecule has 35 heavy (non-hydrogen) atoms. The number of aromatic nitrogens is 2. The Morgan fingerprint density at radius 2 is 1.74 bits per heavy atom. The average molecular weight is 543 g/mol. The van der Waals surface area contributed by atoms with E-state index in [0.29, 0.717) is 35.3 Å². The van der Waals surface area contributed by atoms with Crippen molar-refractivity contribution in [3.8, 4) is 17.1 Å². The van der Waals surface area contributed by atoms with Crippen molar-refractivity contribution >= 4 is 37.6 Å². The van der Waals surface area contributed by atoms with E-state index >= 15 is 0 Å². The van der Waals surface area contributed by atoms with E-state index in [1.165, 1.54) is 7.11 Å². The third kappa shape index (κ3) is 8.07. The maximum Gasteiger partial charge on any atom is 0.410 e. The highest BCUT2D eigenvalue weighted by atomic mass is 35.5. The Hall–Kier alpha value is -1.87. The second-order valence-corrected chi connectivity index (χ2v) is 16.4. The van der Waals surface area contributed by atoms with Gasteiger partial charge < -0.3 is 18.8 Å². The molecule has 0 saturated carbocycles. The van der Waals surface area contributed by atoms with Crippen LogP contribution < -0.4 is 4.74 Å². The Morgan fingerprint density at radius 1 is 1.09 bits per heavy atom. The summed E-state index contributed by atoms with van der Waals surface area (Å²) < 4.78 is 17.5. The summed E-state index contributed by atoms with van der Waals surface area (Å²) in [5.74, 6) is 0.380. The van der Waals surface area contributed by atoms with Gasteiger partial charge in [0.2, 0.25) is 5.88 Å². The van der Waals surface area contributed by atoms with Crippen LogP contribution in [0.3, 0.4) is 0 Å². The van der Waals surface area contributed by atoms with Gasteiger partial charge in [0.05, 0.1) is 31.0 Å². The predicted molar refractivity (Wildman–Crippen MR) is 144 cm³/mol. The highest BCUT2D eigenvalue weighted by Gasteiger charge is 2.37. The molecule has 0 aliphatic heterocycles. The van der Waals surface area contributed by atoms with E-state index in [2.05, 4.69) is 43.8 Å². The molecule has 0 aromatic carbocycles. The van der Waals surface area contributed by atoms with Crippen LogP contribution in [-0.2, 0) is 15.7 Å². The Balaban J connectivity index is 2.30. The summed E-state index contributed by atoms with van der Waals surface area (Å²) in [6.07, 6.45) is 1.14. The summed E-state index contributed by atoms with van der Waals surface area (Å²) in [4.78, 5) is 23.3. The number of halogens is 2. The Kier molecular flexibility index (Phi) is 9.61. The van der Waals surface area contributed by atoms with Crippen LogP contribution in [0.2, 0.25) is 28.3 Å². The quantitative estimate of drug-likeness (QED) is 0.259. The molecule has 0 aliphatic carbocycles. The fourth-order valence-electron chi connectivity index (χ4n) is 2.93. The highest BCUT2D eigenvalue weighted by molar-refractivity contribution is 6.74. The zero-order valence-corrected chi connectivity index (χ0v) is 24.7. The van der Waals surface area contributed by atoms with Crippen molar-refractivity contribution in [2.24, 2.45) is 0 Å². The number of hydrogen-bond donors (Lipinski definition) is 0. The van der Waals surface area contributed by atoms with Gasteiger partial charge in [0.1, 0.15) is 10.8 Å². The summed E-state index contributed by atoms with van der Waals surface area (Å²) in [6.45, 7) is 17.5. The van der Waals surface area contributed by atoms with Crippen LogP contribution in [0.15, 0.2) is 24.4 Å². The minimum absolute atomic E-state index is 0.0733. The first-order valence-electron chi connectivity index (χ1n) is 11.5. The smallest absolute Gasteiger partial charge is 0.410 e. The third-order valence-electron chi connectivity index (χ3n) is 5.90. The largest absolute Gasteiger partial charge is 0.481 e. The molecule has 2 heterocycles. The molecule has 2 aromatic rings. The molecule has 0 aliphatic rings. The van der Waals surface area contributed by atoms with Crippen LogP contribution in [-0.4, -0.2) is 55.1 Å². The van der Waals surface area contributed by atoms with Crippen molar-refractivity contribution in [1.82, 2.24) is 14.9 Å². The summed E-state index contributed by atoms with van der Waals surface area (Å²) >= 11 is 12.4. The van der Waals surface area contributed by atoms with Gasteiger partial charge in [-0.3, -0.25) is 0 Å². The fourth-order valence-corrected chi connectivity index (χ4v) is 4.33. The summed E-state index contributed by atoms with van der Waals surface area (Å²) in [7, 11) is -0.426. The highest BCUT2D eigenvalue weighted by Crippen LogP contribution is 2.36. The van der Waals surface area contributed by atoms with Gasteiger partial charge in [0.25, 0.3) is 0 Å². The van der Waals surface area contributed by atoms with E-state index in [1.807, 2.05) is 32.9 Å².